The molecule has 5 unspecified atom stereocenters. The molecule has 5 heteroatoms. The summed E-state index contributed by atoms with van der Waals surface area (Å²) in [4.78, 5) is 26.6. The molecule has 2 aliphatic rings. The highest BCUT2D eigenvalue weighted by Crippen LogP contribution is 2.33. The highest BCUT2D eigenvalue weighted by molar-refractivity contribution is 5.88. The zero-order valence-corrected chi connectivity index (χ0v) is 13.5. The van der Waals surface area contributed by atoms with E-state index in [0.29, 0.717) is 11.8 Å². The van der Waals surface area contributed by atoms with Gasteiger partial charge in [0, 0.05) is 25.0 Å². The maximum atomic E-state index is 12.5. The number of rotatable bonds is 3. The number of nitrogens with zero attached hydrogens (tertiary/aromatic N) is 1. The average Bonchev–Trinajstić information content (AvgIpc) is 2.95. The Labute approximate surface area is 127 Å². The second kappa shape index (κ2) is 6.77. The average molecular weight is 295 g/mol. The molecule has 1 aliphatic heterocycles. The molecule has 5 nitrogen and oxygen atoms in total. The number of hydrogen-bond acceptors (Lipinski definition) is 3. The second-order valence-corrected chi connectivity index (χ2v) is 6.96. The molecule has 0 aromatic rings. The smallest absolute Gasteiger partial charge is 0.244 e. The summed E-state index contributed by atoms with van der Waals surface area (Å²) in [5.74, 6) is 0.762. The summed E-state index contributed by atoms with van der Waals surface area (Å²) in [6, 6.07) is -0.347. The standard InChI is InChI=1S/C16H29N3O2/c1-10-8-11(2)14(17)9-13(10)15(20)18-12(3)16(21)19-6-4-5-7-19/h10-14H,4-9,17H2,1-3H3,(H,18,20). The number of likely N-dealkylation sites (tertiary alicyclic amines) is 1. The van der Waals surface area contributed by atoms with Gasteiger partial charge < -0.3 is 16.0 Å². The van der Waals surface area contributed by atoms with Crippen molar-refractivity contribution >= 4 is 11.8 Å². The molecule has 2 rings (SSSR count). The topological polar surface area (TPSA) is 75.4 Å². The van der Waals surface area contributed by atoms with Gasteiger partial charge >= 0.3 is 0 Å². The van der Waals surface area contributed by atoms with E-state index in [1.165, 1.54) is 0 Å². The second-order valence-electron chi connectivity index (χ2n) is 6.96. The quantitative estimate of drug-likeness (QED) is 0.819. The minimum atomic E-state index is -0.432. The maximum absolute atomic E-state index is 12.5. The molecule has 3 N–H and O–H groups in total. The van der Waals surface area contributed by atoms with Crippen molar-refractivity contribution in [3.8, 4) is 0 Å². The van der Waals surface area contributed by atoms with E-state index in [9.17, 15) is 9.59 Å². The molecule has 1 heterocycles. The molecule has 1 saturated heterocycles. The summed E-state index contributed by atoms with van der Waals surface area (Å²) in [6.07, 6.45) is 3.84. The Morgan fingerprint density at radius 2 is 1.76 bits per heavy atom. The number of nitrogens with one attached hydrogen (secondary N) is 1. The van der Waals surface area contributed by atoms with Gasteiger partial charge in [0.05, 0.1) is 0 Å². The van der Waals surface area contributed by atoms with Crippen LogP contribution in [0, 0.1) is 17.8 Å². The Morgan fingerprint density at radius 1 is 1.14 bits per heavy atom. The fourth-order valence-electron chi connectivity index (χ4n) is 3.64. The molecule has 21 heavy (non-hydrogen) atoms. The number of nitrogens with two attached hydrogens (primary N) is 1. The monoisotopic (exact) mass is 295 g/mol. The maximum Gasteiger partial charge on any atom is 0.244 e. The highest BCUT2D eigenvalue weighted by atomic mass is 16.2. The molecule has 0 spiro atoms. The normalized spacial score (nSPS) is 34.6. The molecule has 1 saturated carbocycles. The van der Waals surface area contributed by atoms with Crippen LogP contribution in [-0.4, -0.2) is 41.9 Å². The van der Waals surface area contributed by atoms with Crippen LogP contribution >= 0.6 is 0 Å². The molecule has 2 amide bonds. The van der Waals surface area contributed by atoms with Crippen LogP contribution < -0.4 is 11.1 Å². The zero-order valence-electron chi connectivity index (χ0n) is 13.5. The zero-order chi connectivity index (χ0) is 15.6. The van der Waals surface area contributed by atoms with Crippen molar-refractivity contribution in [1.82, 2.24) is 10.2 Å². The Balaban J connectivity index is 1.89. The van der Waals surface area contributed by atoms with Gasteiger partial charge in [0.1, 0.15) is 6.04 Å². The molecule has 120 valence electrons. The lowest BCUT2D eigenvalue weighted by molar-refractivity contribution is -0.137. The van der Waals surface area contributed by atoms with E-state index in [1.54, 1.807) is 6.92 Å². The predicted molar refractivity (Wildman–Crippen MR) is 82.4 cm³/mol. The van der Waals surface area contributed by atoms with Gasteiger partial charge in [-0.2, -0.15) is 0 Å². The van der Waals surface area contributed by atoms with E-state index in [2.05, 4.69) is 19.2 Å². The SMILES string of the molecule is CC(NC(=O)C1CC(N)C(C)CC1C)C(=O)N1CCCC1. The van der Waals surface area contributed by atoms with Crippen LogP contribution in [0.4, 0.5) is 0 Å². The van der Waals surface area contributed by atoms with E-state index >= 15 is 0 Å². The third-order valence-electron chi connectivity index (χ3n) is 5.17. The summed E-state index contributed by atoms with van der Waals surface area (Å²) in [5.41, 5.74) is 6.10. The van der Waals surface area contributed by atoms with Crippen LogP contribution in [0.25, 0.3) is 0 Å². The number of carbonyl (C=O) groups is 2. The van der Waals surface area contributed by atoms with Crippen LogP contribution in [0.2, 0.25) is 0 Å². The summed E-state index contributed by atoms with van der Waals surface area (Å²) in [7, 11) is 0. The van der Waals surface area contributed by atoms with Crippen molar-refractivity contribution in [3.63, 3.8) is 0 Å². The third-order valence-corrected chi connectivity index (χ3v) is 5.17. The van der Waals surface area contributed by atoms with Gasteiger partial charge in [-0.25, -0.2) is 0 Å². The minimum absolute atomic E-state index is 0.00935. The van der Waals surface area contributed by atoms with Gasteiger partial charge in [-0.05, 0) is 44.4 Å². The van der Waals surface area contributed by atoms with Crippen LogP contribution in [0.1, 0.15) is 46.5 Å². The van der Waals surface area contributed by atoms with Gasteiger partial charge in [0.15, 0.2) is 0 Å². The summed E-state index contributed by atoms with van der Waals surface area (Å²) >= 11 is 0. The molecule has 0 radical (unpaired) electrons. The molecule has 1 aliphatic carbocycles. The first-order valence-electron chi connectivity index (χ1n) is 8.25. The predicted octanol–water partition coefficient (Wildman–Crippen LogP) is 1.12. The lowest BCUT2D eigenvalue weighted by atomic mass is 9.72. The molecule has 2 fully saturated rings. The van der Waals surface area contributed by atoms with E-state index in [-0.39, 0.29) is 23.8 Å². The fraction of sp³-hybridized carbons (Fsp3) is 0.875. The van der Waals surface area contributed by atoms with Gasteiger partial charge in [-0.3, -0.25) is 9.59 Å². The first-order chi connectivity index (χ1) is 9.90. The lowest BCUT2D eigenvalue weighted by Gasteiger charge is -2.36. The Bertz CT molecular complexity index is 393. The Morgan fingerprint density at radius 3 is 2.38 bits per heavy atom. The van der Waals surface area contributed by atoms with Gasteiger partial charge in [0.2, 0.25) is 11.8 Å². The Hall–Kier alpha value is -1.10. The minimum Gasteiger partial charge on any atom is -0.344 e. The van der Waals surface area contributed by atoms with Crippen molar-refractivity contribution in [2.45, 2.75) is 58.5 Å². The molecule has 0 aromatic carbocycles. The first kappa shape index (κ1) is 16.3. The molecular formula is C16H29N3O2. The van der Waals surface area contributed by atoms with E-state index in [1.807, 2.05) is 4.90 Å². The molecule has 5 atom stereocenters. The largest absolute Gasteiger partial charge is 0.344 e. The van der Waals surface area contributed by atoms with Gasteiger partial charge in [-0.1, -0.05) is 13.8 Å². The Kier molecular flexibility index (Phi) is 5.25. The van der Waals surface area contributed by atoms with E-state index in [0.717, 1.165) is 38.8 Å². The fourth-order valence-corrected chi connectivity index (χ4v) is 3.64. The molecular weight excluding hydrogens is 266 g/mol. The van der Waals surface area contributed by atoms with Gasteiger partial charge in [0.25, 0.3) is 0 Å². The van der Waals surface area contributed by atoms with Crippen molar-refractivity contribution in [1.29, 1.82) is 0 Å². The number of hydrogen-bond donors (Lipinski definition) is 2. The van der Waals surface area contributed by atoms with E-state index in [4.69, 9.17) is 5.73 Å². The van der Waals surface area contributed by atoms with Crippen molar-refractivity contribution in [2.24, 2.45) is 23.5 Å². The van der Waals surface area contributed by atoms with Crippen molar-refractivity contribution in [2.75, 3.05) is 13.1 Å². The molecule has 0 aromatic heterocycles. The van der Waals surface area contributed by atoms with Crippen molar-refractivity contribution in [3.05, 3.63) is 0 Å². The third kappa shape index (κ3) is 3.76. The van der Waals surface area contributed by atoms with Crippen LogP contribution in [0.5, 0.6) is 0 Å². The number of amides is 2. The first-order valence-corrected chi connectivity index (χ1v) is 8.25. The van der Waals surface area contributed by atoms with Crippen molar-refractivity contribution < 1.29 is 9.59 Å². The van der Waals surface area contributed by atoms with Crippen LogP contribution in [0.3, 0.4) is 0 Å². The summed E-state index contributed by atoms with van der Waals surface area (Å²) < 4.78 is 0. The lowest BCUT2D eigenvalue weighted by Crippen LogP contribution is -2.51. The van der Waals surface area contributed by atoms with Crippen LogP contribution in [-0.2, 0) is 9.59 Å². The van der Waals surface area contributed by atoms with E-state index < -0.39 is 6.04 Å². The summed E-state index contributed by atoms with van der Waals surface area (Å²) in [5, 5.41) is 2.91. The van der Waals surface area contributed by atoms with Gasteiger partial charge in [-0.15, -0.1) is 0 Å². The number of carbonyl (C=O) groups excluding carboxylic acids is 2. The highest BCUT2D eigenvalue weighted by Gasteiger charge is 2.36. The van der Waals surface area contributed by atoms with Crippen LogP contribution in [0.15, 0.2) is 0 Å². The molecule has 0 bridgehead atoms. The summed E-state index contributed by atoms with van der Waals surface area (Å²) in [6.45, 7) is 7.69.